The van der Waals surface area contributed by atoms with E-state index in [2.05, 4.69) is 29.2 Å². The van der Waals surface area contributed by atoms with Gasteiger partial charge in [0.2, 0.25) is 0 Å². The number of hydrogen-bond donors (Lipinski definition) is 1. The smallest absolute Gasteiger partial charge is 0.0898 e. The van der Waals surface area contributed by atoms with E-state index in [1.165, 1.54) is 0 Å². The van der Waals surface area contributed by atoms with Gasteiger partial charge >= 0.3 is 0 Å². The number of ether oxygens (including phenoxy) is 1. The molecule has 3 nitrogen and oxygen atoms in total. The van der Waals surface area contributed by atoms with Crippen LogP contribution in [0.15, 0.2) is 17.5 Å². The predicted molar refractivity (Wildman–Crippen MR) is 68.9 cm³/mol. The van der Waals surface area contributed by atoms with Gasteiger partial charge in [-0.2, -0.15) is 0 Å². The first kappa shape index (κ1) is 13.4. The van der Waals surface area contributed by atoms with Crippen LogP contribution in [0.25, 0.3) is 0 Å². The van der Waals surface area contributed by atoms with Gasteiger partial charge in [0.15, 0.2) is 0 Å². The molecular weight excluding hydrogens is 220 g/mol. The Kier molecular flexibility index (Phi) is 5.66. The molecule has 0 saturated heterocycles. The zero-order valence-corrected chi connectivity index (χ0v) is 11.1. The second kappa shape index (κ2) is 6.78. The molecule has 0 saturated carbocycles. The van der Waals surface area contributed by atoms with E-state index in [0.29, 0.717) is 19.3 Å². The highest BCUT2D eigenvalue weighted by molar-refractivity contribution is 7.09. The molecule has 1 unspecified atom stereocenters. The quantitative estimate of drug-likeness (QED) is 0.588. The maximum atomic E-state index is 5.41. The van der Waals surface area contributed by atoms with Crippen LogP contribution in [-0.2, 0) is 4.74 Å². The van der Waals surface area contributed by atoms with Crippen LogP contribution in [0.3, 0.4) is 0 Å². The topological polar surface area (TPSA) is 34.1 Å². The van der Waals surface area contributed by atoms with E-state index in [1.54, 1.807) is 11.3 Å². The van der Waals surface area contributed by atoms with E-state index in [9.17, 15) is 0 Å². The fourth-order valence-electron chi connectivity index (χ4n) is 1.28. The summed E-state index contributed by atoms with van der Waals surface area (Å²) in [5, 5.41) is 6.59. The normalized spacial score (nSPS) is 12.7. The van der Waals surface area contributed by atoms with Crippen molar-refractivity contribution in [3.05, 3.63) is 28.2 Å². The molecule has 1 aromatic rings. The van der Waals surface area contributed by atoms with Gasteiger partial charge in [-0.15, -0.1) is 11.3 Å². The summed E-state index contributed by atoms with van der Waals surface area (Å²) >= 11 is 1.69. The number of thiazole rings is 1. The third-order valence-corrected chi connectivity index (χ3v) is 2.92. The molecule has 0 spiro atoms. The third-order valence-electron chi connectivity index (χ3n) is 2.13. The third kappa shape index (κ3) is 4.88. The summed E-state index contributed by atoms with van der Waals surface area (Å²) in [7, 11) is 0. The van der Waals surface area contributed by atoms with Crippen molar-refractivity contribution < 1.29 is 4.74 Å². The lowest BCUT2D eigenvalue weighted by atomic mass is 10.2. The molecule has 1 aromatic heterocycles. The van der Waals surface area contributed by atoms with Crippen LogP contribution in [0.5, 0.6) is 0 Å². The zero-order chi connectivity index (χ0) is 12.0. The molecule has 0 aliphatic heterocycles. The summed E-state index contributed by atoms with van der Waals surface area (Å²) in [5.74, 6) is 0. The van der Waals surface area contributed by atoms with Crippen LogP contribution in [0.1, 0.15) is 30.6 Å². The van der Waals surface area contributed by atoms with Gasteiger partial charge in [-0.05, 0) is 20.8 Å². The van der Waals surface area contributed by atoms with E-state index in [-0.39, 0.29) is 0 Å². The van der Waals surface area contributed by atoms with Gasteiger partial charge in [0, 0.05) is 18.0 Å². The molecule has 1 N–H and O–H groups in total. The summed E-state index contributed by atoms with van der Waals surface area (Å²) in [6.07, 6.45) is 0. The minimum Gasteiger partial charge on any atom is -0.376 e. The minimum atomic E-state index is 0.290. The first-order valence-electron chi connectivity index (χ1n) is 5.47. The largest absolute Gasteiger partial charge is 0.376 e. The van der Waals surface area contributed by atoms with Crippen molar-refractivity contribution in [1.82, 2.24) is 10.3 Å². The van der Waals surface area contributed by atoms with Crippen molar-refractivity contribution in [1.29, 1.82) is 0 Å². The first-order valence-corrected chi connectivity index (χ1v) is 6.35. The molecule has 0 radical (unpaired) electrons. The van der Waals surface area contributed by atoms with E-state index in [1.807, 2.05) is 13.8 Å². The molecule has 0 aliphatic carbocycles. The number of hydrogen-bond acceptors (Lipinski definition) is 4. The Morgan fingerprint density at radius 1 is 1.69 bits per heavy atom. The highest BCUT2D eigenvalue weighted by Crippen LogP contribution is 2.15. The Labute approximate surface area is 102 Å². The number of nitrogens with one attached hydrogen (secondary N) is 1. The Bertz CT molecular complexity index is 336. The maximum Gasteiger partial charge on any atom is 0.0898 e. The SMILES string of the molecule is C=C(C)COCCNC(C)c1csc(C)n1. The summed E-state index contributed by atoms with van der Waals surface area (Å²) < 4.78 is 5.41. The molecule has 0 amide bonds. The summed E-state index contributed by atoms with van der Waals surface area (Å²) in [6, 6.07) is 0.290. The molecule has 0 aliphatic rings. The van der Waals surface area contributed by atoms with Crippen molar-refractivity contribution >= 4 is 11.3 Å². The Hall–Kier alpha value is -0.710. The Morgan fingerprint density at radius 2 is 2.44 bits per heavy atom. The Morgan fingerprint density at radius 3 is 3.00 bits per heavy atom. The molecule has 90 valence electrons. The standard InChI is InChI=1S/C12H20N2OS/c1-9(2)7-15-6-5-13-10(3)12-8-16-11(4)14-12/h8,10,13H,1,5-7H2,2-4H3. The van der Waals surface area contributed by atoms with Gasteiger partial charge in [-0.3, -0.25) is 0 Å². The predicted octanol–water partition coefficient (Wildman–Crippen LogP) is 2.69. The molecule has 1 rings (SSSR count). The molecule has 0 aromatic carbocycles. The summed E-state index contributed by atoms with van der Waals surface area (Å²) in [6.45, 7) is 12.1. The van der Waals surface area contributed by atoms with Crippen LogP contribution in [-0.4, -0.2) is 24.7 Å². The van der Waals surface area contributed by atoms with Crippen molar-refractivity contribution in [3.63, 3.8) is 0 Å². The number of rotatable bonds is 7. The Balaban J connectivity index is 2.15. The van der Waals surface area contributed by atoms with Crippen LogP contribution in [0.4, 0.5) is 0 Å². The van der Waals surface area contributed by atoms with Crippen molar-refractivity contribution in [2.45, 2.75) is 26.8 Å². The van der Waals surface area contributed by atoms with Crippen LogP contribution in [0, 0.1) is 6.92 Å². The van der Waals surface area contributed by atoms with E-state index >= 15 is 0 Å². The highest BCUT2D eigenvalue weighted by atomic mass is 32.1. The van der Waals surface area contributed by atoms with Gasteiger partial charge in [0.05, 0.1) is 23.9 Å². The van der Waals surface area contributed by atoms with Gasteiger partial charge in [-0.25, -0.2) is 4.98 Å². The molecule has 1 atom stereocenters. The molecule has 4 heteroatoms. The van der Waals surface area contributed by atoms with E-state index in [4.69, 9.17) is 4.74 Å². The zero-order valence-electron chi connectivity index (χ0n) is 10.2. The van der Waals surface area contributed by atoms with Crippen LogP contribution >= 0.6 is 11.3 Å². The molecular formula is C12H20N2OS. The second-order valence-electron chi connectivity index (χ2n) is 3.98. The van der Waals surface area contributed by atoms with Gasteiger partial charge in [0.1, 0.15) is 0 Å². The van der Waals surface area contributed by atoms with E-state index < -0.39 is 0 Å². The maximum absolute atomic E-state index is 5.41. The lowest BCUT2D eigenvalue weighted by molar-refractivity contribution is 0.155. The van der Waals surface area contributed by atoms with Crippen molar-refractivity contribution in [3.8, 4) is 0 Å². The second-order valence-corrected chi connectivity index (χ2v) is 5.04. The lowest BCUT2D eigenvalue weighted by Gasteiger charge is -2.11. The minimum absolute atomic E-state index is 0.290. The van der Waals surface area contributed by atoms with Crippen molar-refractivity contribution in [2.24, 2.45) is 0 Å². The fraction of sp³-hybridized carbons (Fsp3) is 0.583. The molecule has 0 fully saturated rings. The highest BCUT2D eigenvalue weighted by Gasteiger charge is 2.07. The van der Waals surface area contributed by atoms with Gasteiger partial charge in [0.25, 0.3) is 0 Å². The number of aromatic nitrogens is 1. The van der Waals surface area contributed by atoms with Gasteiger partial charge < -0.3 is 10.1 Å². The fourth-order valence-corrected chi connectivity index (χ4v) is 1.98. The molecule has 0 bridgehead atoms. The lowest BCUT2D eigenvalue weighted by Crippen LogP contribution is -2.23. The first-order chi connectivity index (χ1) is 7.59. The average molecular weight is 240 g/mol. The summed E-state index contributed by atoms with van der Waals surface area (Å²) in [4.78, 5) is 4.44. The molecule has 16 heavy (non-hydrogen) atoms. The van der Waals surface area contributed by atoms with Crippen LogP contribution < -0.4 is 5.32 Å². The van der Waals surface area contributed by atoms with E-state index in [0.717, 1.165) is 22.8 Å². The molecule has 1 heterocycles. The number of aryl methyl sites for hydroxylation is 1. The monoisotopic (exact) mass is 240 g/mol. The van der Waals surface area contributed by atoms with Crippen LogP contribution in [0.2, 0.25) is 0 Å². The summed E-state index contributed by atoms with van der Waals surface area (Å²) in [5.41, 5.74) is 2.17. The van der Waals surface area contributed by atoms with Crippen molar-refractivity contribution in [2.75, 3.05) is 19.8 Å². The average Bonchev–Trinajstić information content (AvgIpc) is 2.63. The number of nitrogens with zero attached hydrogens (tertiary/aromatic N) is 1. The van der Waals surface area contributed by atoms with Gasteiger partial charge in [-0.1, -0.05) is 12.2 Å².